The number of ether oxygens (including phenoxy) is 1. The Morgan fingerprint density at radius 3 is 2.42 bits per heavy atom. The Morgan fingerprint density at radius 2 is 1.71 bits per heavy atom. The Bertz CT molecular complexity index is 1140. The summed E-state index contributed by atoms with van der Waals surface area (Å²) in [6.45, 7) is -0.352. The largest absolute Gasteiger partial charge is 0.452 e. The minimum atomic E-state index is -3.11. The zero-order valence-electron chi connectivity index (χ0n) is 17.5. The van der Waals surface area contributed by atoms with E-state index in [-0.39, 0.29) is 36.1 Å². The van der Waals surface area contributed by atoms with Crippen molar-refractivity contribution in [2.24, 2.45) is 0 Å². The van der Waals surface area contributed by atoms with Crippen LogP contribution in [0.4, 0.5) is 0 Å². The lowest BCUT2D eigenvalue weighted by molar-refractivity contribution is -0.139. The van der Waals surface area contributed by atoms with Gasteiger partial charge in [0.25, 0.3) is 5.91 Å². The van der Waals surface area contributed by atoms with E-state index in [9.17, 15) is 18.0 Å². The fourth-order valence-electron chi connectivity index (χ4n) is 5.59. The molecule has 1 saturated heterocycles. The first-order chi connectivity index (χ1) is 14.9. The normalized spacial score (nSPS) is 22.1. The molecule has 3 aliphatic rings. The van der Waals surface area contributed by atoms with Crippen molar-refractivity contribution in [3.05, 3.63) is 47.0 Å². The van der Waals surface area contributed by atoms with Gasteiger partial charge in [-0.3, -0.25) is 4.79 Å². The SMILES string of the molecule is O=C(OCC(=O)N(C1CCCC1)C1CCS(=O)(=O)C1)c1ccc2c3c(cccc13)CC2. The number of nitrogens with zero attached hydrogens (tertiary/aromatic N) is 1. The van der Waals surface area contributed by atoms with Gasteiger partial charge in [-0.15, -0.1) is 0 Å². The summed E-state index contributed by atoms with van der Waals surface area (Å²) in [6.07, 6.45) is 6.25. The Balaban J connectivity index is 1.33. The fourth-order valence-corrected chi connectivity index (χ4v) is 7.30. The molecule has 1 amide bonds. The summed E-state index contributed by atoms with van der Waals surface area (Å²) in [4.78, 5) is 27.7. The quantitative estimate of drug-likeness (QED) is 0.666. The zero-order chi connectivity index (χ0) is 21.6. The molecule has 2 aliphatic carbocycles. The van der Waals surface area contributed by atoms with Crippen molar-refractivity contribution in [2.45, 2.75) is 57.0 Å². The number of hydrogen-bond donors (Lipinski definition) is 0. The first-order valence-electron chi connectivity index (χ1n) is 11.2. The van der Waals surface area contributed by atoms with E-state index in [2.05, 4.69) is 6.07 Å². The first kappa shape index (κ1) is 20.5. The van der Waals surface area contributed by atoms with Crippen LogP contribution in [0.2, 0.25) is 0 Å². The van der Waals surface area contributed by atoms with Crippen LogP contribution >= 0.6 is 0 Å². The van der Waals surface area contributed by atoms with E-state index in [4.69, 9.17) is 4.74 Å². The molecule has 31 heavy (non-hydrogen) atoms. The van der Waals surface area contributed by atoms with E-state index in [1.807, 2.05) is 18.2 Å². The molecule has 0 spiro atoms. The van der Waals surface area contributed by atoms with E-state index >= 15 is 0 Å². The van der Waals surface area contributed by atoms with Crippen LogP contribution in [-0.4, -0.2) is 55.4 Å². The predicted octanol–water partition coefficient (Wildman–Crippen LogP) is 3.05. The van der Waals surface area contributed by atoms with Crippen molar-refractivity contribution < 1.29 is 22.7 Å². The second-order valence-corrected chi connectivity index (χ2v) is 11.2. The van der Waals surface area contributed by atoms with Gasteiger partial charge in [-0.1, -0.05) is 37.1 Å². The Hall–Kier alpha value is -2.41. The topological polar surface area (TPSA) is 80.8 Å². The predicted molar refractivity (Wildman–Crippen MR) is 118 cm³/mol. The maximum atomic E-state index is 13.1. The lowest BCUT2D eigenvalue weighted by Crippen LogP contribution is -2.48. The molecule has 5 rings (SSSR count). The lowest BCUT2D eigenvalue weighted by atomic mass is 10.00. The maximum absolute atomic E-state index is 13.1. The Labute approximate surface area is 182 Å². The van der Waals surface area contributed by atoms with Crippen molar-refractivity contribution >= 4 is 32.5 Å². The van der Waals surface area contributed by atoms with Gasteiger partial charge in [0.1, 0.15) is 0 Å². The van der Waals surface area contributed by atoms with Gasteiger partial charge in [0.05, 0.1) is 17.1 Å². The number of sulfone groups is 1. The van der Waals surface area contributed by atoms with Gasteiger partial charge in [-0.25, -0.2) is 13.2 Å². The third kappa shape index (κ3) is 3.84. The highest BCUT2D eigenvalue weighted by Gasteiger charge is 2.39. The van der Waals surface area contributed by atoms with Gasteiger partial charge >= 0.3 is 5.97 Å². The standard InChI is InChI=1S/C24H27NO5S/c26-22(25(18-5-1-2-6-18)19-12-13-31(28,29)15-19)14-30-24(27)21-11-10-17-9-8-16-4-3-7-20(21)23(16)17/h3-4,7,10-11,18-19H,1-2,5-6,8-9,12-15H2. The molecule has 2 aromatic rings. The fraction of sp³-hybridized carbons (Fsp3) is 0.500. The highest BCUT2D eigenvalue weighted by atomic mass is 32.2. The summed E-state index contributed by atoms with van der Waals surface area (Å²) in [6, 6.07) is 9.48. The number of carbonyl (C=O) groups excluding carboxylic acids is 2. The highest BCUT2D eigenvalue weighted by molar-refractivity contribution is 7.91. The zero-order valence-corrected chi connectivity index (χ0v) is 18.3. The van der Waals surface area contributed by atoms with Crippen molar-refractivity contribution in [1.29, 1.82) is 0 Å². The van der Waals surface area contributed by atoms with Crippen molar-refractivity contribution in [3.63, 3.8) is 0 Å². The lowest BCUT2D eigenvalue weighted by Gasteiger charge is -2.33. The third-order valence-electron chi connectivity index (χ3n) is 7.03. The smallest absolute Gasteiger partial charge is 0.339 e. The maximum Gasteiger partial charge on any atom is 0.339 e. The molecule has 1 atom stereocenters. The summed E-state index contributed by atoms with van der Waals surface area (Å²) < 4.78 is 29.5. The second-order valence-electron chi connectivity index (χ2n) is 8.98. The van der Waals surface area contributed by atoms with Crippen molar-refractivity contribution in [3.8, 4) is 0 Å². The monoisotopic (exact) mass is 441 g/mol. The first-order valence-corrected chi connectivity index (χ1v) is 13.0. The molecule has 164 valence electrons. The summed E-state index contributed by atoms with van der Waals surface area (Å²) in [5, 5.41) is 2.01. The van der Waals surface area contributed by atoms with Gasteiger partial charge in [-0.05, 0) is 60.1 Å². The van der Waals surface area contributed by atoms with Gasteiger partial charge < -0.3 is 9.64 Å². The molecule has 1 saturated carbocycles. The number of esters is 1. The van der Waals surface area contributed by atoms with Crippen LogP contribution in [0.25, 0.3) is 10.8 Å². The Morgan fingerprint density at radius 1 is 0.968 bits per heavy atom. The summed E-state index contributed by atoms with van der Waals surface area (Å²) in [5.74, 6) is -0.658. The molecule has 0 bridgehead atoms. The van der Waals surface area contributed by atoms with Crippen LogP contribution in [0.1, 0.15) is 53.6 Å². The molecule has 0 N–H and O–H groups in total. The Kier molecular flexibility index (Phi) is 5.24. The van der Waals surface area contributed by atoms with Crippen LogP contribution in [0.3, 0.4) is 0 Å². The van der Waals surface area contributed by atoms with Crippen LogP contribution in [-0.2, 0) is 32.2 Å². The summed E-state index contributed by atoms with van der Waals surface area (Å²) in [5.41, 5.74) is 2.97. The molecule has 2 aromatic carbocycles. The van der Waals surface area contributed by atoms with Crippen LogP contribution in [0.5, 0.6) is 0 Å². The average Bonchev–Trinajstić information content (AvgIpc) is 3.49. The molecule has 2 fully saturated rings. The number of amides is 1. The van der Waals surface area contributed by atoms with Crippen LogP contribution in [0.15, 0.2) is 30.3 Å². The molecule has 7 heteroatoms. The molecular formula is C24H27NO5S. The van der Waals surface area contributed by atoms with Gasteiger partial charge in [0.2, 0.25) is 0 Å². The van der Waals surface area contributed by atoms with Crippen LogP contribution < -0.4 is 0 Å². The van der Waals surface area contributed by atoms with Crippen molar-refractivity contribution in [1.82, 2.24) is 4.90 Å². The van der Waals surface area contributed by atoms with Gasteiger partial charge in [0.15, 0.2) is 16.4 Å². The number of hydrogen-bond acceptors (Lipinski definition) is 5. The van der Waals surface area contributed by atoms with E-state index in [1.165, 1.54) is 11.1 Å². The molecule has 0 aromatic heterocycles. The molecule has 1 heterocycles. The average molecular weight is 442 g/mol. The van der Waals surface area contributed by atoms with E-state index in [0.29, 0.717) is 12.0 Å². The molecule has 1 unspecified atom stereocenters. The number of rotatable bonds is 5. The molecular weight excluding hydrogens is 414 g/mol. The second kappa shape index (κ2) is 7.93. The van der Waals surface area contributed by atoms with E-state index < -0.39 is 15.8 Å². The molecule has 6 nitrogen and oxygen atoms in total. The van der Waals surface area contributed by atoms with E-state index in [1.54, 1.807) is 11.0 Å². The van der Waals surface area contributed by atoms with Crippen LogP contribution in [0, 0.1) is 0 Å². The minimum absolute atomic E-state index is 0.0120. The molecule has 0 radical (unpaired) electrons. The van der Waals surface area contributed by atoms with E-state index in [0.717, 1.165) is 49.3 Å². The number of aryl methyl sites for hydroxylation is 2. The minimum Gasteiger partial charge on any atom is -0.452 e. The highest BCUT2D eigenvalue weighted by Crippen LogP contribution is 2.33. The summed E-state index contributed by atoms with van der Waals surface area (Å²) >= 11 is 0. The number of carbonyl (C=O) groups is 2. The number of benzene rings is 2. The van der Waals surface area contributed by atoms with Crippen molar-refractivity contribution in [2.75, 3.05) is 18.1 Å². The van der Waals surface area contributed by atoms with Gasteiger partial charge in [0, 0.05) is 12.1 Å². The summed E-state index contributed by atoms with van der Waals surface area (Å²) in [7, 11) is -3.11. The third-order valence-corrected chi connectivity index (χ3v) is 8.78. The van der Waals surface area contributed by atoms with Gasteiger partial charge in [-0.2, -0.15) is 0 Å². The molecule has 1 aliphatic heterocycles.